The van der Waals surface area contributed by atoms with Crippen molar-refractivity contribution >= 4 is 34.3 Å². The Morgan fingerprint density at radius 1 is 1.14 bits per heavy atom. The van der Waals surface area contributed by atoms with Crippen LogP contribution in [0.2, 0.25) is 0 Å². The summed E-state index contributed by atoms with van der Waals surface area (Å²) in [6.45, 7) is 2.15. The van der Waals surface area contributed by atoms with Gasteiger partial charge < -0.3 is 19.5 Å². The van der Waals surface area contributed by atoms with E-state index in [0.29, 0.717) is 11.3 Å². The van der Waals surface area contributed by atoms with E-state index in [1.165, 1.54) is 20.0 Å². The molecule has 3 heterocycles. The summed E-state index contributed by atoms with van der Waals surface area (Å²) >= 11 is 0. The molecule has 7 nitrogen and oxygen atoms in total. The van der Waals surface area contributed by atoms with Gasteiger partial charge in [-0.2, -0.15) is 0 Å². The van der Waals surface area contributed by atoms with E-state index in [9.17, 15) is 9.59 Å². The summed E-state index contributed by atoms with van der Waals surface area (Å²) in [4.78, 5) is 31.2. The van der Waals surface area contributed by atoms with E-state index in [4.69, 9.17) is 4.74 Å². The molecule has 3 aromatic rings. The number of benzene rings is 1. The Hall–Kier alpha value is -3.35. The monoisotopic (exact) mass is 378 g/mol. The molecule has 1 saturated heterocycles. The third-order valence-corrected chi connectivity index (χ3v) is 4.97. The minimum Gasteiger partial charge on any atom is -0.465 e. The van der Waals surface area contributed by atoms with E-state index < -0.39 is 5.97 Å². The van der Waals surface area contributed by atoms with Crippen molar-refractivity contribution in [3.05, 3.63) is 54.4 Å². The van der Waals surface area contributed by atoms with E-state index in [-0.39, 0.29) is 12.5 Å². The molecule has 144 valence electrons. The maximum Gasteiger partial charge on any atom is 0.340 e. The Morgan fingerprint density at radius 3 is 2.64 bits per heavy atom. The maximum absolute atomic E-state index is 12.5. The number of nitrogens with one attached hydrogen (secondary N) is 1. The van der Waals surface area contributed by atoms with Gasteiger partial charge in [0.25, 0.3) is 0 Å². The smallest absolute Gasteiger partial charge is 0.340 e. The standard InChI is InChI=1S/C21H22N4O3/c1-28-21(27)17-13-25(18-7-3-2-6-16(17)18)14-20(26)23-15-8-9-19(22-12-15)24-10-4-5-11-24/h2-3,6-9,12-13H,4-5,10-11,14H2,1H3,(H,23,26). The molecule has 0 atom stereocenters. The molecule has 28 heavy (non-hydrogen) atoms. The van der Waals surface area contributed by atoms with Gasteiger partial charge >= 0.3 is 5.97 Å². The van der Waals surface area contributed by atoms with Gasteiger partial charge in [-0.1, -0.05) is 18.2 Å². The SMILES string of the molecule is COC(=O)c1cn(CC(=O)Nc2ccc(N3CCCC3)nc2)c2ccccc12. The van der Waals surface area contributed by atoms with Gasteiger partial charge in [-0.3, -0.25) is 4.79 Å². The summed E-state index contributed by atoms with van der Waals surface area (Å²) in [5.41, 5.74) is 1.90. The summed E-state index contributed by atoms with van der Waals surface area (Å²) in [5, 5.41) is 3.63. The van der Waals surface area contributed by atoms with Crippen LogP contribution in [-0.2, 0) is 16.1 Å². The van der Waals surface area contributed by atoms with Crippen molar-refractivity contribution in [2.45, 2.75) is 19.4 Å². The molecular formula is C21H22N4O3. The second kappa shape index (κ2) is 7.72. The number of aromatic nitrogens is 2. The summed E-state index contributed by atoms with van der Waals surface area (Å²) in [5.74, 6) is 0.333. The lowest BCUT2D eigenvalue weighted by Gasteiger charge is -2.16. The van der Waals surface area contributed by atoms with E-state index in [1.807, 2.05) is 36.4 Å². The Kier molecular flexibility index (Phi) is 4.97. The molecule has 2 aromatic heterocycles. The van der Waals surface area contributed by atoms with Gasteiger partial charge in [0, 0.05) is 30.2 Å². The minimum absolute atomic E-state index is 0.0887. The molecule has 1 fully saturated rings. The number of hydrogen-bond donors (Lipinski definition) is 1. The molecule has 0 spiro atoms. The number of para-hydroxylation sites is 1. The summed E-state index contributed by atoms with van der Waals surface area (Å²) < 4.78 is 6.60. The van der Waals surface area contributed by atoms with Crippen molar-refractivity contribution in [3.8, 4) is 0 Å². The Labute approximate surface area is 162 Å². The Bertz CT molecular complexity index is 1000. The number of fused-ring (bicyclic) bond motifs is 1. The van der Waals surface area contributed by atoms with Crippen LogP contribution in [0.15, 0.2) is 48.8 Å². The van der Waals surface area contributed by atoms with Crippen LogP contribution in [0.25, 0.3) is 10.9 Å². The fraction of sp³-hybridized carbons (Fsp3) is 0.286. The topological polar surface area (TPSA) is 76.5 Å². The number of carbonyl (C=O) groups is 2. The van der Waals surface area contributed by atoms with Gasteiger partial charge in [0.1, 0.15) is 12.4 Å². The fourth-order valence-electron chi connectivity index (χ4n) is 3.60. The van der Waals surface area contributed by atoms with Crippen LogP contribution in [0.4, 0.5) is 11.5 Å². The highest BCUT2D eigenvalue weighted by atomic mass is 16.5. The van der Waals surface area contributed by atoms with Gasteiger partial charge in [0.05, 0.1) is 24.6 Å². The van der Waals surface area contributed by atoms with Crippen molar-refractivity contribution in [1.82, 2.24) is 9.55 Å². The number of methoxy groups -OCH3 is 1. The largest absolute Gasteiger partial charge is 0.465 e. The highest BCUT2D eigenvalue weighted by molar-refractivity contribution is 6.04. The Balaban J connectivity index is 1.48. The fourth-order valence-corrected chi connectivity index (χ4v) is 3.60. The van der Waals surface area contributed by atoms with E-state index in [0.717, 1.165) is 29.8 Å². The quantitative estimate of drug-likeness (QED) is 0.691. The van der Waals surface area contributed by atoms with E-state index in [1.54, 1.807) is 17.0 Å². The molecule has 1 aliphatic heterocycles. The lowest BCUT2D eigenvalue weighted by molar-refractivity contribution is -0.116. The van der Waals surface area contributed by atoms with Crippen molar-refractivity contribution in [3.63, 3.8) is 0 Å². The minimum atomic E-state index is -0.419. The Morgan fingerprint density at radius 2 is 1.93 bits per heavy atom. The van der Waals surface area contributed by atoms with Gasteiger partial charge in [0.15, 0.2) is 0 Å². The average Bonchev–Trinajstić information content (AvgIpc) is 3.37. The average molecular weight is 378 g/mol. The van der Waals surface area contributed by atoms with Gasteiger partial charge in [-0.15, -0.1) is 0 Å². The third-order valence-electron chi connectivity index (χ3n) is 4.97. The molecule has 0 bridgehead atoms. The van der Waals surface area contributed by atoms with Gasteiger partial charge in [0.2, 0.25) is 5.91 Å². The second-order valence-corrected chi connectivity index (χ2v) is 6.83. The number of esters is 1. The number of nitrogens with zero attached hydrogens (tertiary/aromatic N) is 3. The zero-order chi connectivity index (χ0) is 19.5. The van der Waals surface area contributed by atoms with Crippen LogP contribution in [0.5, 0.6) is 0 Å². The molecule has 0 saturated carbocycles. The van der Waals surface area contributed by atoms with Crippen molar-refractivity contribution in [1.29, 1.82) is 0 Å². The second-order valence-electron chi connectivity index (χ2n) is 6.83. The summed E-state index contributed by atoms with van der Waals surface area (Å²) in [6.07, 6.45) is 5.72. The first kappa shape index (κ1) is 18.0. The van der Waals surface area contributed by atoms with Crippen LogP contribution >= 0.6 is 0 Å². The number of pyridine rings is 1. The maximum atomic E-state index is 12.5. The molecular weight excluding hydrogens is 356 g/mol. The molecule has 0 unspecified atom stereocenters. The number of hydrogen-bond acceptors (Lipinski definition) is 5. The number of rotatable bonds is 5. The number of carbonyl (C=O) groups excluding carboxylic acids is 2. The molecule has 0 radical (unpaired) electrons. The first-order chi connectivity index (χ1) is 13.7. The normalized spacial score (nSPS) is 13.7. The third kappa shape index (κ3) is 3.55. The predicted molar refractivity (Wildman–Crippen MR) is 108 cm³/mol. The zero-order valence-electron chi connectivity index (χ0n) is 15.7. The van der Waals surface area contributed by atoms with Crippen LogP contribution in [-0.4, -0.2) is 41.6 Å². The molecule has 1 N–H and O–H groups in total. The highest BCUT2D eigenvalue weighted by Gasteiger charge is 2.17. The van der Waals surface area contributed by atoms with E-state index in [2.05, 4.69) is 15.2 Å². The number of ether oxygens (including phenoxy) is 1. The van der Waals surface area contributed by atoms with E-state index >= 15 is 0 Å². The molecule has 1 amide bonds. The first-order valence-corrected chi connectivity index (χ1v) is 9.33. The molecule has 1 aliphatic rings. The lowest BCUT2D eigenvalue weighted by atomic mass is 10.2. The molecule has 0 aliphatic carbocycles. The van der Waals surface area contributed by atoms with Crippen molar-refractivity contribution < 1.29 is 14.3 Å². The molecule has 1 aromatic carbocycles. The van der Waals surface area contributed by atoms with Crippen LogP contribution in [0.1, 0.15) is 23.2 Å². The predicted octanol–water partition coefficient (Wildman–Crippen LogP) is 3.06. The van der Waals surface area contributed by atoms with Crippen molar-refractivity contribution in [2.75, 3.05) is 30.4 Å². The van der Waals surface area contributed by atoms with Crippen LogP contribution in [0.3, 0.4) is 0 Å². The summed E-state index contributed by atoms with van der Waals surface area (Å²) in [7, 11) is 1.35. The first-order valence-electron chi connectivity index (χ1n) is 9.33. The molecule has 4 rings (SSSR count). The zero-order valence-corrected chi connectivity index (χ0v) is 15.7. The van der Waals surface area contributed by atoms with Crippen LogP contribution in [0, 0.1) is 0 Å². The van der Waals surface area contributed by atoms with Gasteiger partial charge in [-0.25, -0.2) is 9.78 Å². The molecule has 7 heteroatoms. The number of amides is 1. The highest BCUT2D eigenvalue weighted by Crippen LogP contribution is 2.23. The summed E-state index contributed by atoms with van der Waals surface area (Å²) in [6, 6.07) is 11.2. The van der Waals surface area contributed by atoms with Crippen molar-refractivity contribution in [2.24, 2.45) is 0 Å². The number of anilines is 2. The lowest BCUT2D eigenvalue weighted by Crippen LogP contribution is -2.20. The van der Waals surface area contributed by atoms with Gasteiger partial charge in [-0.05, 0) is 31.0 Å². The van der Waals surface area contributed by atoms with Crippen LogP contribution < -0.4 is 10.2 Å².